The molecule has 1 aliphatic rings. The van der Waals surface area contributed by atoms with Crippen LogP contribution in [0.4, 0.5) is 4.39 Å². The van der Waals surface area contributed by atoms with Gasteiger partial charge in [0.05, 0.1) is 17.7 Å². The van der Waals surface area contributed by atoms with E-state index in [0.29, 0.717) is 12.2 Å². The second-order valence-electron chi connectivity index (χ2n) is 4.94. The maximum atomic E-state index is 13.6. The summed E-state index contributed by atoms with van der Waals surface area (Å²) in [6.45, 7) is 0.700. The maximum Gasteiger partial charge on any atom is 0.142 e. The number of aryl methyl sites for hydroxylation is 1. The van der Waals surface area contributed by atoms with Gasteiger partial charge in [0.2, 0.25) is 0 Å². The second kappa shape index (κ2) is 5.43. The Bertz CT molecular complexity index is 644. The highest BCUT2D eigenvalue weighted by atomic mass is 35.5. The van der Waals surface area contributed by atoms with Gasteiger partial charge >= 0.3 is 0 Å². The third-order valence-electron chi connectivity index (χ3n) is 3.60. The first kappa shape index (κ1) is 13.4. The SMILES string of the molecule is NC(c1ccc(Cl)c(F)c1)c1cccc2c1OCCC2. The Hall–Kier alpha value is -1.58. The largest absolute Gasteiger partial charge is 0.493 e. The van der Waals surface area contributed by atoms with Gasteiger partial charge in [-0.25, -0.2) is 4.39 Å². The number of ether oxygens (including phenoxy) is 1. The smallest absolute Gasteiger partial charge is 0.142 e. The van der Waals surface area contributed by atoms with Gasteiger partial charge in [-0.1, -0.05) is 35.9 Å². The molecule has 1 unspecified atom stereocenters. The molecule has 1 atom stereocenters. The van der Waals surface area contributed by atoms with E-state index >= 15 is 0 Å². The summed E-state index contributed by atoms with van der Waals surface area (Å²) < 4.78 is 19.3. The summed E-state index contributed by atoms with van der Waals surface area (Å²) in [5.74, 6) is 0.395. The number of benzene rings is 2. The van der Waals surface area contributed by atoms with Crippen LogP contribution in [0.3, 0.4) is 0 Å². The fourth-order valence-corrected chi connectivity index (χ4v) is 2.66. The summed E-state index contributed by atoms with van der Waals surface area (Å²) in [6.07, 6.45) is 2.01. The average Bonchev–Trinajstić information content (AvgIpc) is 2.49. The summed E-state index contributed by atoms with van der Waals surface area (Å²) in [4.78, 5) is 0. The molecule has 2 N–H and O–H groups in total. The minimum Gasteiger partial charge on any atom is -0.493 e. The van der Waals surface area contributed by atoms with Crippen LogP contribution in [0.5, 0.6) is 5.75 Å². The van der Waals surface area contributed by atoms with Crippen LogP contribution in [0.15, 0.2) is 36.4 Å². The molecular weight excluding hydrogens is 277 g/mol. The number of nitrogens with two attached hydrogens (primary N) is 1. The van der Waals surface area contributed by atoms with Crippen molar-refractivity contribution in [1.29, 1.82) is 0 Å². The van der Waals surface area contributed by atoms with Crippen molar-refractivity contribution in [2.45, 2.75) is 18.9 Å². The van der Waals surface area contributed by atoms with Crippen LogP contribution >= 0.6 is 11.6 Å². The summed E-state index contributed by atoms with van der Waals surface area (Å²) in [6, 6.07) is 10.2. The average molecular weight is 292 g/mol. The molecule has 3 rings (SSSR count). The lowest BCUT2D eigenvalue weighted by atomic mass is 9.94. The van der Waals surface area contributed by atoms with E-state index in [1.54, 1.807) is 6.07 Å². The summed E-state index contributed by atoms with van der Waals surface area (Å²) in [7, 11) is 0. The molecule has 2 aromatic carbocycles. The van der Waals surface area contributed by atoms with Gasteiger partial charge in [0.1, 0.15) is 11.6 Å². The van der Waals surface area contributed by atoms with E-state index in [2.05, 4.69) is 0 Å². The van der Waals surface area contributed by atoms with E-state index in [0.717, 1.165) is 24.2 Å². The molecule has 0 fully saturated rings. The molecule has 0 aliphatic carbocycles. The molecule has 0 amide bonds. The van der Waals surface area contributed by atoms with Crippen LogP contribution in [-0.4, -0.2) is 6.61 Å². The van der Waals surface area contributed by atoms with Crippen LogP contribution in [0, 0.1) is 5.82 Å². The fourth-order valence-electron chi connectivity index (χ4n) is 2.54. The van der Waals surface area contributed by atoms with Gasteiger partial charge in [0.25, 0.3) is 0 Å². The lowest BCUT2D eigenvalue weighted by Gasteiger charge is -2.23. The zero-order valence-corrected chi connectivity index (χ0v) is 11.7. The van der Waals surface area contributed by atoms with Gasteiger partial charge in [0.15, 0.2) is 0 Å². The molecule has 4 heteroatoms. The van der Waals surface area contributed by atoms with Crippen LogP contribution in [0.2, 0.25) is 5.02 Å². The normalized spacial score (nSPS) is 15.3. The third kappa shape index (κ3) is 2.39. The Morgan fingerprint density at radius 2 is 2.10 bits per heavy atom. The van der Waals surface area contributed by atoms with Crippen molar-refractivity contribution in [3.8, 4) is 5.75 Å². The van der Waals surface area contributed by atoms with E-state index in [1.807, 2.05) is 18.2 Å². The van der Waals surface area contributed by atoms with Crippen molar-refractivity contribution in [2.75, 3.05) is 6.61 Å². The lowest BCUT2D eigenvalue weighted by molar-refractivity contribution is 0.284. The van der Waals surface area contributed by atoms with Gasteiger partial charge in [0, 0.05) is 5.56 Å². The van der Waals surface area contributed by atoms with Gasteiger partial charge in [-0.05, 0) is 36.1 Å². The predicted octanol–water partition coefficient (Wildman–Crippen LogP) is 3.85. The predicted molar refractivity (Wildman–Crippen MR) is 77.7 cm³/mol. The maximum absolute atomic E-state index is 13.6. The molecule has 0 saturated heterocycles. The quantitative estimate of drug-likeness (QED) is 0.912. The summed E-state index contributed by atoms with van der Waals surface area (Å²) in [5, 5.41) is 0.104. The van der Waals surface area contributed by atoms with Crippen molar-refractivity contribution in [3.63, 3.8) is 0 Å². The molecule has 1 heterocycles. The Morgan fingerprint density at radius 1 is 1.25 bits per heavy atom. The molecule has 20 heavy (non-hydrogen) atoms. The number of fused-ring (bicyclic) bond motifs is 1. The molecule has 0 saturated carbocycles. The highest BCUT2D eigenvalue weighted by Crippen LogP contribution is 2.35. The molecule has 0 spiro atoms. The van der Waals surface area contributed by atoms with E-state index < -0.39 is 11.9 Å². The minimum absolute atomic E-state index is 0.104. The van der Waals surface area contributed by atoms with Gasteiger partial charge < -0.3 is 10.5 Å². The van der Waals surface area contributed by atoms with Crippen LogP contribution < -0.4 is 10.5 Å². The van der Waals surface area contributed by atoms with Crippen LogP contribution in [-0.2, 0) is 6.42 Å². The molecule has 0 aromatic heterocycles. The Morgan fingerprint density at radius 3 is 2.90 bits per heavy atom. The molecule has 2 aromatic rings. The van der Waals surface area contributed by atoms with Gasteiger partial charge in [-0.15, -0.1) is 0 Å². The van der Waals surface area contributed by atoms with E-state index in [1.165, 1.54) is 17.7 Å². The third-order valence-corrected chi connectivity index (χ3v) is 3.91. The standard InChI is InChI=1S/C16H15ClFNO/c17-13-7-6-11(9-14(13)18)15(19)12-5-1-3-10-4-2-8-20-16(10)12/h1,3,5-7,9,15H,2,4,8,19H2. The first-order valence-electron chi connectivity index (χ1n) is 6.62. The number of para-hydroxylation sites is 1. The Kier molecular flexibility index (Phi) is 3.64. The first-order chi connectivity index (χ1) is 9.66. The van der Waals surface area contributed by atoms with Crippen molar-refractivity contribution in [3.05, 3.63) is 63.9 Å². The Balaban J connectivity index is 2.02. The van der Waals surface area contributed by atoms with Crippen molar-refractivity contribution in [1.82, 2.24) is 0 Å². The van der Waals surface area contributed by atoms with Crippen LogP contribution in [0.1, 0.15) is 29.2 Å². The van der Waals surface area contributed by atoms with Gasteiger partial charge in [-0.3, -0.25) is 0 Å². The second-order valence-corrected chi connectivity index (χ2v) is 5.35. The highest BCUT2D eigenvalue weighted by Gasteiger charge is 2.20. The fraction of sp³-hybridized carbons (Fsp3) is 0.250. The van der Waals surface area contributed by atoms with Crippen molar-refractivity contribution >= 4 is 11.6 Å². The first-order valence-corrected chi connectivity index (χ1v) is 7.00. The van der Waals surface area contributed by atoms with E-state index in [4.69, 9.17) is 22.1 Å². The number of rotatable bonds is 2. The minimum atomic E-state index is -0.453. The number of hydrogen-bond acceptors (Lipinski definition) is 2. The number of halogens is 2. The topological polar surface area (TPSA) is 35.2 Å². The highest BCUT2D eigenvalue weighted by molar-refractivity contribution is 6.30. The summed E-state index contributed by atoms with van der Waals surface area (Å²) >= 11 is 5.71. The molecule has 0 radical (unpaired) electrons. The summed E-state index contributed by atoms with van der Waals surface area (Å²) in [5.41, 5.74) is 9.02. The molecular formula is C16H15ClFNO. The molecule has 1 aliphatic heterocycles. The zero-order chi connectivity index (χ0) is 14.1. The lowest BCUT2D eigenvalue weighted by Crippen LogP contribution is -2.17. The number of hydrogen-bond donors (Lipinski definition) is 1. The molecule has 104 valence electrons. The van der Waals surface area contributed by atoms with Crippen molar-refractivity contribution in [2.24, 2.45) is 5.73 Å². The van der Waals surface area contributed by atoms with Gasteiger partial charge in [-0.2, -0.15) is 0 Å². The van der Waals surface area contributed by atoms with E-state index in [-0.39, 0.29) is 5.02 Å². The Labute approximate surface area is 122 Å². The molecule has 2 nitrogen and oxygen atoms in total. The van der Waals surface area contributed by atoms with E-state index in [9.17, 15) is 4.39 Å². The molecule has 0 bridgehead atoms. The zero-order valence-electron chi connectivity index (χ0n) is 10.9. The van der Waals surface area contributed by atoms with Crippen LogP contribution in [0.25, 0.3) is 0 Å². The van der Waals surface area contributed by atoms with Crippen molar-refractivity contribution < 1.29 is 9.13 Å². The monoisotopic (exact) mass is 291 g/mol.